The molecule has 0 aromatic heterocycles. The van der Waals surface area contributed by atoms with Crippen molar-refractivity contribution in [2.24, 2.45) is 0 Å². The SMILES string of the molecule is CCc1cc(C2CO2)ccc1OC. The Morgan fingerprint density at radius 3 is 2.85 bits per heavy atom. The fourth-order valence-electron chi connectivity index (χ4n) is 1.52. The fraction of sp³-hybridized carbons (Fsp3) is 0.455. The minimum Gasteiger partial charge on any atom is -0.496 e. The number of aryl methyl sites for hydroxylation is 1. The molecule has 2 nitrogen and oxygen atoms in total. The summed E-state index contributed by atoms with van der Waals surface area (Å²) in [7, 11) is 1.71. The van der Waals surface area contributed by atoms with Crippen LogP contribution in [0.3, 0.4) is 0 Å². The Labute approximate surface area is 78.5 Å². The topological polar surface area (TPSA) is 21.8 Å². The Balaban J connectivity index is 2.31. The lowest BCUT2D eigenvalue weighted by molar-refractivity contribution is 0.406. The van der Waals surface area contributed by atoms with Crippen LogP contribution >= 0.6 is 0 Å². The Bertz CT molecular complexity index is 303. The van der Waals surface area contributed by atoms with E-state index in [-0.39, 0.29) is 0 Å². The van der Waals surface area contributed by atoms with Gasteiger partial charge in [0.15, 0.2) is 0 Å². The number of hydrogen-bond acceptors (Lipinski definition) is 2. The molecular weight excluding hydrogens is 164 g/mol. The van der Waals surface area contributed by atoms with E-state index in [0.29, 0.717) is 6.10 Å². The van der Waals surface area contributed by atoms with E-state index in [1.807, 2.05) is 6.07 Å². The number of rotatable bonds is 3. The van der Waals surface area contributed by atoms with Crippen LogP contribution in [0.5, 0.6) is 5.75 Å². The van der Waals surface area contributed by atoms with Gasteiger partial charge in [-0.1, -0.05) is 13.0 Å². The quantitative estimate of drug-likeness (QED) is 0.662. The molecule has 1 aromatic rings. The number of epoxide rings is 1. The van der Waals surface area contributed by atoms with E-state index >= 15 is 0 Å². The van der Waals surface area contributed by atoms with Crippen molar-refractivity contribution in [2.75, 3.05) is 13.7 Å². The molecule has 13 heavy (non-hydrogen) atoms. The molecule has 0 amide bonds. The molecule has 1 saturated heterocycles. The van der Waals surface area contributed by atoms with Crippen molar-refractivity contribution in [3.05, 3.63) is 29.3 Å². The number of ether oxygens (including phenoxy) is 2. The van der Waals surface area contributed by atoms with Crippen LogP contribution in [0.1, 0.15) is 24.2 Å². The summed E-state index contributed by atoms with van der Waals surface area (Å²) in [5, 5.41) is 0. The third-order valence-electron chi connectivity index (χ3n) is 2.39. The van der Waals surface area contributed by atoms with E-state index < -0.39 is 0 Å². The second-order valence-electron chi connectivity index (χ2n) is 3.25. The zero-order valence-electron chi connectivity index (χ0n) is 8.04. The first kappa shape index (κ1) is 8.57. The largest absolute Gasteiger partial charge is 0.496 e. The number of methoxy groups -OCH3 is 1. The lowest BCUT2D eigenvalue weighted by Gasteiger charge is -2.07. The van der Waals surface area contributed by atoms with Crippen LogP contribution < -0.4 is 4.74 Å². The Kier molecular flexibility index (Phi) is 2.23. The molecule has 0 aliphatic carbocycles. The molecule has 1 unspecified atom stereocenters. The molecule has 1 atom stereocenters. The maximum atomic E-state index is 5.25. The first-order valence-electron chi connectivity index (χ1n) is 4.63. The van der Waals surface area contributed by atoms with Gasteiger partial charge in [0.05, 0.1) is 13.7 Å². The molecule has 0 radical (unpaired) electrons. The minimum atomic E-state index is 0.344. The monoisotopic (exact) mass is 178 g/mol. The van der Waals surface area contributed by atoms with E-state index in [1.54, 1.807) is 7.11 Å². The zero-order chi connectivity index (χ0) is 9.26. The Hall–Kier alpha value is -1.02. The molecule has 1 aliphatic heterocycles. The van der Waals surface area contributed by atoms with Crippen LogP contribution in [-0.2, 0) is 11.2 Å². The number of hydrogen-bond donors (Lipinski definition) is 0. The third-order valence-corrected chi connectivity index (χ3v) is 2.39. The van der Waals surface area contributed by atoms with Crippen molar-refractivity contribution < 1.29 is 9.47 Å². The van der Waals surface area contributed by atoms with Gasteiger partial charge in [0.2, 0.25) is 0 Å². The number of benzene rings is 1. The van der Waals surface area contributed by atoms with E-state index in [1.165, 1.54) is 11.1 Å². The predicted octanol–water partition coefficient (Wildman–Crippen LogP) is 2.33. The summed E-state index contributed by atoms with van der Waals surface area (Å²) in [5.41, 5.74) is 2.54. The highest BCUT2D eigenvalue weighted by Crippen LogP contribution is 2.32. The third kappa shape index (κ3) is 1.68. The van der Waals surface area contributed by atoms with Crippen LogP contribution in [0.4, 0.5) is 0 Å². The molecule has 0 spiro atoms. The van der Waals surface area contributed by atoms with Crippen molar-refractivity contribution in [3.63, 3.8) is 0 Å². The highest BCUT2D eigenvalue weighted by atomic mass is 16.6. The van der Waals surface area contributed by atoms with Gasteiger partial charge in [-0.15, -0.1) is 0 Å². The second kappa shape index (κ2) is 3.38. The Morgan fingerprint density at radius 1 is 1.54 bits per heavy atom. The summed E-state index contributed by atoms with van der Waals surface area (Å²) < 4.78 is 10.5. The van der Waals surface area contributed by atoms with Gasteiger partial charge in [-0.3, -0.25) is 0 Å². The van der Waals surface area contributed by atoms with Crippen LogP contribution in [-0.4, -0.2) is 13.7 Å². The smallest absolute Gasteiger partial charge is 0.122 e. The molecule has 1 heterocycles. The van der Waals surface area contributed by atoms with Crippen LogP contribution in [0.25, 0.3) is 0 Å². The standard InChI is InChI=1S/C11H14O2/c1-3-8-6-9(11-7-13-11)4-5-10(8)12-2/h4-6,11H,3,7H2,1-2H3. The molecule has 0 N–H and O–H groups in total. The summed E-state index contributed by atoms with van der Waals surface area (Å²) in [6, 6.07) is 6.28. The molecule has 0 saturated carbocycles. The predicted molar refractivity (Wildman–Crippen MR) is 51.1 cm³/mol. The van der Waals surface area contributed by atoms with Gasteiger partial charge < -0.3 is 9.47 Å². The van der Waals surface area contributed by atoms with Crippen LogP contribution in [0.15, 0.2) is 18.2 Å². The van der Waals surface area contributed by atoms with E-state index in [0.717, 1.165) is 18.8 Å². The molecule has 70 valence electrons. The highest BCUT2D eigenvalue weighted by molar-refractivity contribution is 5.38. The maximum absolute atomic E-state index is 5.25. The van der Waals surface area contributed by atoms with Crippen LogP contribution in [0.2, 0.25) is 0 Å². The van der Waals surface area contributed by atoms with Crippen molar-refractivity contribution in [1.29, 1.82) is 0 Å². The first-order chi connectivity index (χ1) is 6.35. The minimum absolute atomic E-state index is 0.344. The molecule has 0 bridgehead atoms. The van der Waals surface area contributed by atoms with E-state index in [4.69, 9.17) is 9.47 Å². The van der Waals surface area contributed by atoms with Gasteiger partial charge in [-0.2, -0.15) is 0 Å². The van der Waals surface area contributed by atoms with Gasteiger partial charge in [0.1, 0.15) is 11.9 Å². The van der Waals surface area contributed by atoms with Gasteiger partial charge in [-0.25, -0.2) is 0 Å². The van der Waals surface area contributed by atoms with Crippen molar-refractivity contribution >= 4 is 0 Å². The van der Waals surface area contributed by atoms with Crippen molar-refractivity contribution in [1.82, 2.24) is 0 Å². The molecule has 2 rings (SSSR count). The lowest BCUT2D eigenvalue weighted by Crippen LogP contribution is -1.92. The van der Waals surface area contributed by atoms with Crippen LogP contribution in [0, 0.1) is 0 Å². The lowest BCUT2D eigenvalue weighted by atomic mass is 10.1. The van der Waals surface area contributed by atoms with Gasteiger partial charge >= 0.3 is 0 Å². The summed E-state index contributed by atoms with van der Waals surface area (Å²) in [5.74, 6) is 0.979. The average Bonchev–Trinajstić information content (AvgIpc) is 3.00. The van der Waals surface area contributed by atoms with E-state index in [9.17, 15) is 0 Å². The second-order valence-corrected chi connectivity index (χ2v) is 3.25. The average molecular weight is 178 g/mol. The molecule has 1 fully saturated rings. The highest BCUT2D eigenvalue weighted by Gasteiger charge is 2.25. The zero-order valence-corrected chi connectivity index (χ0v) is 8.04. The summed E-state index contributed by atoms with van der Waals surface area (Å²) in [6.07, 6.45) is 1.35. The van der Waals surface area contributed by atoms with Gasteiger partial charge in [0.25, 0.3) is 0 Å². The van der Waals surface area contributed by atoms with Gasteiger partial charge in [0, 0.05) is 0 Å². The van der Waals surface area contributed by atoms with E-state index in [2.05, 4.69) is 19.1 Å². The summed E-state index contributed by atoms with van der Waals surface area (Å²) in [6.45, 7) is 3.00. The molecular formula is C11H14O2. The van der Waals surface area contributed by atoms with Crippen molar-refractivity contribution in [2.45, 2.75) is 19.4 Å². The Morgan fingerprint density at radius 2 is 2.31 bits per heavy atom. The first-order valence-corrected chi connectivity index (χ1v) is 4.63. The van der Waals surface area contributed by atoms with Gasteiger partial charge in [-0.05, 0) is 29.7 Å². The molecule has 1 aliphatic rings. The fourth-order valence-corrected chi connectivity index (χ4v) is 1.52. The summed E-state index contributed by atoms with van der Waals surface area (Å²) in [4.78, 5) is 0. The molecule has 2 heteroatoms. The van der Waals surface area contributed by atoms with Crippen molar-refractivity contribution in [3.8, 4) is 5.75 Å². The summed E-state index contributed by atoms with van der Waals surface area (Å²) >= 11 is 0. The molecule has 1 aromatic carbocycles. The normalized spacial score (nSPS) is 20.0. The maximum Gasteiger partial charge on any atom is 0.122 e.